The Bertz CT molecular complexity index is 1530. The van der Waals surface area contributed by atoms with Crippen LogP contribution in [0.1, 0.15) is 29.3 Å². The number of carbonyl (C=O) groups excluding carboxylic acids is 1. The van der Waals surface area contributed by atoms with Crippen LogP contribution in [0.15, 0.2) is 76.7 Å². The van der Waals surface area contributed by atoms with Crippen LogP contribution in [0.4, 0.5) is 4.79 Å². The Morgan fingerprint density at radius 2 is 1.73 bits per heavy atom. The number of halogens is 2. The first-order valence-corrected chi connectivity index (χ1v) is 12.7. The first-order chi connectivity index (χ1) is 18.0. The summed E-state index contributed by atoms with van der Waals surface area (Å²) in [5.41, 5.74) is 3.96. The lowest BCUT2D eigenvalue weighted by Gasteiger charge is -2.35. The number of aliphatic imine (C=N–C) groups is 2. The summed E-state index contributed by atoms with van der Waals surface area (Å²) in [6, 6.07) is 20.1. The average Bonchev–Trinajstić information content (AvgIpc) is 3.28. The number of aromatic amines is 1. The lowest BCUT2D eigenvalue weighted by Crippen LogP contribution is -2.42. The molecule has 0 spiro atoms. The number of amides is 1. The van der Waals surface area contributed by atoms with E-state index in [1.165, 1.54) is 0 Å². The zero-order valence-electron chi connectivity index (χ0n) is 19.7. The SMILES string of the molecule is O=C(Oc1ccc(Cl)cc1)N1CCc2c([nH]c3ccc(Cl)cc23)C1c1ccc(OC2=NCCC=N2)cc1. The minimum Gasteiger partial charge on any atom is -0.425 e. The van der Waals surface area contributed by atoms with Crippen LogP contribution in [0.5, 0.6) is 11.5 Å². The third-order valence-electron chi connectivity index (χ3n) is 6.45. The molecule has 186 valence electrons. The molecule has 0 radical (unpaired) electrons. The van der Waals surface area contributed by atoms with Gasteiger partial charge in [-0.2, -0.15) is 0 Å². The van der Waals surface area contributed by atoms with Gasteiger partial charge >= 0.3 is 12.1 Å². The molecule has 1 unspecified atom stereocenters. The molecule has 0 fully saturated rings. The molecular formula is C28H22Cl2N4O3. The Morgan fingerprint density at radius 1 is 0.973 bits per heavy atom. The molecule has 4 aromatic rings. The molecule has 0 saturated carbocycles. The van der Waals surface area contributed by atoms with E-state index < -0.39 is 12.1 Å². The minimum atomic E-state index is -0.444. The second kappa shape index (κ2) is 9.92. The Kier molecular flexibility index (Phi) is 6.32. The lowest BCUT2D eigenvalue weighted by molar-refractivity contribution is 0.135. The van der Waals surface area contributed by atoms with Crippen molar-refractivity contribution < 1.29 is 14.3 Å². The maximum atomic E-state index is 13.4. The highest BCUT2D eigenvalue weighted by molar-refractivity contribution is 6.31. The van der Waals surface area contributed by atoms with Crippen LogP contribution in [0.25, 0.3) is 10.9 Å². The van der Waals surface area contributed by atoms with E-state index in [2.05, 4.69) is 15.0 Å². The Hall–Kier alpha value is -3.81. The van der Waals surface area contributed by atoms with Crippen molar-refractivity contribution in [3.05, 3.63) is 93.6 Å². The van der Waals surface area contributed by atoms with Gasteiger partial charge in [0, 0.05) is 52.4 Å². The molecule has 6 rings (SSSR count). The summed E-state index contributed by atoms with van der Waals surface area (Å²) < 4.78 is 11.5. The third-order valence-corrected chi connectivity index (χ3v) is 6.94. The number of amidine groups is 1. The molecule has 37 heavy (non-hydrogen) atoms. The largest absolute Gasteiger partial charge is 0.425 e. The zero-order chi connectivity index (χ0) is 25.4. The number of carbonyl (C=O) groups is 1. The molecule has 9 heteroatoms. The molecule has 3 aromatic carbocycles. The van der Waals surface area contributed by atoms with Crippen LogP contribution in [0.2, 0.25) is 10.0 Å². The van der Waals surface area contributed by atoms with Gasteiger partial charge in [0.25, 0.3) is 0 Å². The van der Waals surface area contributed by atoms with E-state index in [4.69, 9.17) is 32.7 Å². The van der Waals surface area contributed by atoms with E-state index in [0.717, 1.165) is 34.1 Å². The number of ether oxygens (including phenoxy) is 2. The van der Waals surface area contributed by atoms with E-state index in [1.54, 1.807) is 35.4 Å². The average molecular weight is 533 g/mol. The summed E-state index contributed by atoms with van der Waals surface area (Å²) in [7, 11) is 0. The number of hydrogen-bond acceptors (Lipinski definition) is 5. The molecule has 2 aliphatic rings. The van der Waals surface area contributed by atoms with E-state index in [1.807, 2.05) is 42.5 Å². The molecule has 7 nitrogen and oxygen atoms in total. The molecule has 3 heterocycles. The molecule has 0 aliphatic carbocycles. The highest BCUT2D eigenvalue weighted by atomic mass is 35.5. The van der Waals surface area contributed by atoms with Gasteiger partial charge < -0.3 is 14.5 Å². The summed E-state index contributed by atoms with van der Waals surface area (Å²) >= 11 is 12.3. The predicted molar refractivity (Wildman–Crippen MR) is 146 cm³/mol. The van der Waals surface area contributed by atoms with Gasteiger partial charge in [-0.1, -0.05) is 35.3 Å². The van der Waals surface area contributed by atoms with Crippen LogP contribution < -0.4 is 9.47 Å². The van der Waals surface area contributed by atoms with Crippen LogP contribution in [0.3, 0.4) is 0 Å². The summed E-state index contributed by atoms with van der Waals surface area (Å²) in [6.07, 6.45) is 2.84. The van der Waals surface area contributed by atoms with Gasteiger partial charge in [0.2, 0.25) is 0 Å². The van der Waals surface area contributed by atoms with Gasteiger partial charge in [-0.3, -0.25) is 4.90 Å². The number of nitrogens with one attached hydrogen (secondary N) is 1. The predicted octanol–water partition coefficient (Wildman–Crippen LogP) is 6.83. The number of hydrogen-bond donors (Lipinski definition) is 1. The van der Waals surface area contributed by atoms with Crippen molar-refractivity contribution in [2.45, 2.75) is 18.9 Å². The Morgan fingerprint density at radius 3 is 2.49 bits per heavy atom. The summed E-state index contributed by atoms with van der Waals surface area (Å²) in [4.78, 5) is 27.2. The van der Waals surface area contributed by atoms with Crippen molar-refractivity contribution in [2.75, 3.05) is 13.1 Å². The molecule has 1 aromatic heterocycles. The number of H-pyrrole nitrogens is 1. The molecule has 1 amide bonds. The summed E-state index contributed by atoms with van der Waals surface area (Å²) in [6.45, 7) is 1.14. The van der Waals surface area contributed by atoms with E-state index in [9.17, 15) is 4.79 Å². The second-order valence-electron chi connectivity index (χ2n) is 8.81. The molecule has 1 atom stereocenters. The van der Waals surface area contributed by atoms with Crippen molar-refractivity contribution >= 4 is 52.4 Å². The summed E-state index contributed by atoms with van der Waals surface area (Å²) in [5.74, 6) is 1.05. The third kappa shape index (κ3) is 4.80. The fraction of sp³-hybridized carbons (Fsp3) is 0.179. The van der Waals surface area contributed by atoms with Crippen molar-refractivity contribution in [1.29, 1.82) is 0 Å². The fourth-order valence-electron chi connectivity index (χ4n) is 4.75. The maximum absolute atomic E-state index is 13.4. The number of nitrogens with zero attached hydrogens (tertiary/aromatic N) is 3. The van der Waals surface area contributed by atoms with Crippen LogP contribution in [-0.2, 0) is 6.42 Å². The van der Waals surface area contributed by atoms with E-state index in [-0.39, 0.29) is 0 Å². The normalized spacial score (nSPS) is 16.9. The number of benzene rings is 3. The first-order valence-electron chi connectivity index (χ1n) is 11.9. The van der Waals surface area contributed by atoms with Crippen molar-refractivity contribution in [3.8, 4) is 11.5 Å². The van der Waals surface area contributed by atoms with Gasteiger partial charge in [-0.25, -0.2) is 14.8 Å². The fourth-order valence-corrected chi connectivity index (χ4v) is 5.05. The van der Waals surface area contributed by atoms with Crippen molar-refractivity contribution in [2.24, 2.45) is 9.98 Å². The summed E-state index contributed by atoms with van der Waals surface area (Å²) in [5, 5.41) is 2.31. The van der Waals surface area contributed by atoms with Gasteiger partial charge in [0.05, 0.1) is 0 Å². The number of rotatable bonds is 3. The van der Waals surface area contributed by atoms with Crippen molar-refractivity contribution in [1.82, 2.24) is 9.88 Å². The highest BCUT2D eigenvalue weighted by Gasteiger charge is 2.35. The highest BCUT2D eigenvalue weighted by Crippen LogP contribution is 2.40. The molecule has 0 bridgehead atoms. The molecular weight excluding hydrogens is 511 g/mol. The van der Waals surface area contributed by atoms with Crippen molar-refractivity contribution in [3.63, 3.8) is 0 Å². The van der Waals surface area contributed by atoms with Gasteiger partial charge in [0.1, 0.15) is 17.5 Å². The topological polar surface area (TPSA) is 79.3 Å². The van der Waals surface area contributed by atoms with Crippen LogP contribution in [-0.4, -0.2) is 41.3 Å². The van der Waals surface area contributed by atoms with Crippen LogP contribution >= 0.6 is 23.2 Å². The number of aromatic nitrogens is 1. The van der Waals surface area contributed by atoms with Gasteiger partial charge in [0.15, 0.2) is 0 Å². The Labute approximate surface area is 223 Å². The zero-order valence-corrected chi connectivity index (χ0v) is 21.2. The molecule has 0 saturated heterocycles. The van der Waals surface area contributed by atoms with Crippen LogP contribution in [0, 0.1) is 0 Å². The maximum Gasteiger partial charge on any atom is 0.416 e. The number of fused-ring (bicyclic) bond motifs is 3. The standard InChI is InChI=1S/C28H22Cl2N4O3/c29-18-4-9-21(10-5-18)37-28(35)34-15-12-22-23-16-19(30)6-11-24(23)33-25(22)26(34)17-2-7-20(8-3-17)36-27-31-13-1-14-32-27/h2-11,13,16,26,33H,1,12,14-15H2. The Balaban J connectivity index is 1.36. The molecule has 2 aliphatic heterocycles. The monoisotopic (exact) mass is 532 g/mol. The first kappa shape index (κ1) is 23.6. The molecule has 1 N–H and O–H groups in total. The lowest BCUT2D eigenvalue weighted by atomic mass is 9.92. The second-order valence-corrected chi connectivity index (χ2v) is 9.68. The quantitative estimate of drug-likeness (QED) is 0.314. The minimum absolute atomic E-state index is 0.347. The smallest absolute Gasteiger partial charge is 0.416 e. The van der Waals surface area contributed by atoms with E-state index in [0.29, 0.717) is 47.1 Å². The van der Waals surface area contributed by atoms with Gasteiger partial charge in [-0.15, -0.1) is 0 Å². The van der Waals surface area contributed by atoms with Gasteiger partial charge in [-0.05, 0) is 72.1 Å². The van der Waals surface area contributed by atoms with E-state index >= 15 is 0 Å².